The molecule has 1 aromatic rings. The van der Waals surface area contributed by atoms with Gasteiger partial charge >= 0.3 is 0 Å². The zero-order valence-electron chi connectivity index (χ0n) is 10.7. The van der Waals surface area contributed by atoms with Crippen LogP contribution in [0, 0.1) is 0 Å². The second-order valence-electron chi connectivity index (χ2n) is 5.13. The highest BCUT2D eigenvalue weighted by Crippen LogP contribution is 2.41. The summed E-state index contributed by atoms with van der Waals surface area (Å²) in [6.45, 7) is 2.94. The average Bonchev–Trinajstić information content (AvgIpc) is 2.92. The Bertz CT molecular complexity index is 717. The van der Waals surface area contributed by atoms with Crippen LogP contribution in [-0.2, 0) is 23.6 Å². The second kappa shape index (κ2) is 4.16. The fourth-order valence-electron chi connectivity index (χ4n) is 1.68. The van der Waals surface area contributed by atoms with Crippen LogP contribution in [-0.4, -0.2) is 37.9 Å². The Hall–Kier alpha value is -0.670. The Morgan fingerprint density at radius 3 is 2.11 bits per heavy atom. The van der Waals surface area contributed by atoms with Gasteiger partial charge in [0.25, 0.3) is 14.2 Å². The van der Waals surface area contributed by atoms with Gasteiger partial charge in [-0.25, -0.2) is 16.8 Å². The van der Waals surface area contributed by atoms with E-state index in [9.17, 15) is 16.8 Å². The van der Waals surface area contributed by atoms with Gasteiger partial charge in [-0.3, -0.25) is 4.57 Å². The summed E-state index contributed by atoms with van der Waals surface area (Å²) < 4.78 is 46.6. The van der Waals surface area contributed by atoms with Crippen molar-refractivity contribution in [2.75, 3.05) is 6.26 Å². The van der Waals surface area contributed by atoms with Crippen LogP contribution in [0.15, 0.2) is 5.16 Å². The van der Waals surface area contributed by atoms with Gasteiger partial charge in [-0.1, -0.05) is 0 Å². The van der Waals surface area contributed by atoms with Crippen molar-refractivity contribution >= 4 is 29.6 Å². The smallest absolute Gasteiger partial charge is 0.296 e. The standard InChI is InChI=1S/C9H14ClN3O4S2/c1-9(2,18(3,14)15)7-11-12-8(19(10,16)17)13(7)6-4-5-6/h6H,4-5H2,1-3H3. The van der Waals surface area contributed by atoms with Gasteiger partial charge < -0.3 is 0 Å². The highest BCUT2D eigenvalue weighted by molar-refractivity contribution is 8.13. The maximum absolute atomic E-state index is 11.8. The summed E-state index contributed by atoms with van der Waals surface area (Å²) in [6, 6.07) is -0.102. The van der Waals surface area contributed by atoms with E-state index in [0.29, 0.717) is 0 Å². The van der Waals surface area contributed by atoms with Crippen molar-refractivity contribution in [2.24, 2.45) is 0 Å². The van der Waals surface area contributed by atoms with E-state index < -0.39 is 23.6 Å². The Morgan fingerprint density at radius 1 is 1.21 bits per heavy atom. The minimum Gasteiger partial charge on any atom is -0.296 e. The quantitative estimate of drug-likeness (QED) is 0.759. The van der Waals surface area contributed by atoms with Crippen molar-refractivity contribution in [3.63, 3.8) is 0 Å². The summed E-state index contributed by atoms with van der Waals surface area (Å²) in [7, 11) is -2.22. The van der Waals surface area contributed by atoms with E-state index in [1.807, 2.05) is 0 Å². The molecule has 0 spiro atoms. The minimum atomic E-state index is -4.06. The lowest BCUT2D eigenvalue weighted by atomic mass is 10.2. The molecule has 0 saturated heterocycles. The van der Waals surface area contributed by atoms with Crippen LogP contribution in [0.1, 0.15) is 38.6 Å². The highest BCUT2D eigenvalue weighted by Gasteiger charge is 2.43. The number of aromatic nitrogens is 3. The first-order valence-electron chi connectivity index (χ1n) is 5.56. The van der Waals surface area contributed by atoms with Crippen molar-refractivity contribution in [1.82, 2.24) is 14.8 Å². The summed E-state index contributed by atoms with van der Waals surface area (Å²) in [5.74, 6) is 0.108. The molecule has 10 heteroatoms. The summed E-state index contributed by atoms with van der Waals surface area (Å²) in [5, 5.41) is 6.92. The number of sulfone groups is 1. The second-order valence-corrected chi connectivity index (χ2v) is 10.2. The summed E-state index contributed by atoms with van der Waals surface area (Å²) in [4.78, 5) is 0. The number of hydrogen-bond acceptors (Lipinski definition) is 6. The molecule has 0 N–H and O–H groups in total. The molecule has 7 nitrogen and oxygen atoms in total. The van der Waals surface area contributed by atoms with E-state index in [1.54, 1.807) is 0 Å². The van der Waals surface area contributed by atoms with E-state index in [-0.39, 0.29) is 17.0 Å². The van der Waals surface area contributed by atoms with Gasteiger partial charge in [0.05, 0.1) is 0 Å². The highest BCUT2D eigenvalue weighted by atomic mass is 35.7. The molecule has 1 aromatic heterocycles. The van der Waals surface area contributed by atoms with Crippen molar-refractivity contribution in [3.05, 3.63) is 5.82 Å². The Balaban J connectivity index is 2.70. The van der Waals surface area contributed by atoms with Crippen LogP contribution < -0.4 is 0 Å². The van der Waals surface area contributed by atoms with Crippen molar-refractivity contribution in [2.45, 2.75) is 42.6 Å². The van der Waals surface area contributed by atoms with Gasteiger partial charge in [-0.2, -0.15) is 0 Å². The van der Waals surface area contributed by atoms with Crippen LogP contribution in [0.5, 0.6) is 0 Å². The maximum Gasteiger partial charge on any atom is 0.296 e. The third-order valence-corrected chi connectivity index (χ3v) is 6.43. The molecule has 0 bridgehead atoms. The molecule has 0 atom stereocenters. The topological polar surface area (TPSA) is 99.0 Å². The molecule has 0 aromatic carbocycles. The van der Waals surface area contributed by atoms with Crippen molar-refractivity contribution in [1.29, 1.82) is 0 Å². The Kier molecular flexibility index (Phi) is 3.23. The van der Waals surface area contributed by atoms with Gasteiger partial charge in [-0.05, 0) is 26.7 Å². The molecule has 1 aliphatic rings. The molecule has 2 rings (SSSR count). The van der Waals surface area contributed by atoms with Crippen molar-refractivity contribution in [3.8, 4) is 0 Å². The van der Waals surface area contributed by atoms with E-state index in [1.165, 1.54) is 18.4 Å². The lowest BCUT2D eigenvalue weighted by Gasteiger charge is -2.22. The minimum absolute atomic E-state index is 0.102. The molecular formula is C9H14ClN3O4S2. The first-order valence-corrected chi connectivity index (χ1v) is 9.76. The molecule has 0 unspecified atom stereocenters. The van der Waals surface area contributed by atoms with Crippen LogP contribution >= 0.6 is 10.7 Å². The summed E-state index contributed by atoms with van der Waals surface area (Å²) >= 11 is 0. The van der Waals surface area contributed by atoms with Crippen LogP contribution in [0.25, 0.3) is 0 Å². The lowest BCUT2D eigenvalue weighted by molar-refractivity contribution is 0.515. The molecule has 1 saturated carbocycles. The molecule has 0 radical (unpaired) electrons. The zero-order valence-corrected chi connectivity index (χ0v) is 13.0. The summed E-state index contributed by atoms with van der Waals surface area (Å²) in [5.41, 5.74) is 0. The maximum atomic E-state index is 11.8. The fraction of sp³-hybridized carbons (Fsp3) is 0.778. The molecule has 1 heterocycles. The number of hydrogen-bond donors (Lipinski definition) is 0. The molecule has 19 heavy (non-hydrogen) atoms. The molecule has 0 aliphatic heterocycles. The van der Waals surface area contributed by atoms with Gasteiger partial charge in [0.1, 0.15) is 4.75 Å². The largest absolute Gasteiger partial charge is 0.296 e. The fourth-order valence-corrected chi connectivity index (χ4v) is 3.08. The van der Waals surface area contributed by atoms with E-state index >= 15 is 0 Å². The van der Waals surface area contributed by atoms with Gasteiger partial charge in [0.15, 0.2) is 15.7 Å². The zero-order chi connectivity index (χ0) is 14.6. The van der Waals surface area contributed by atoms with E-state index in [2.05, 4.69) is 10.2 Å². The van der Waals surface area contributed by atoms with E-state index in [4.69, 9.17) is 10.7 Å². The predicted octanol–water partition coefficient (Wildman–Crippen LogP) is 0.820. The third kappa shape index (κ3) is 2.50. The molecule has 1 aliphatic carbocycles. The average molecular weight is 328 g/mol. The van der Waals surface area contributed by atoms with Crippen LogP contribution in [0.2, 0.25) is 0 Å². The monoisotopic (exact) mass is 327 g/mol. The lowest BCUT2D eigenvalue weighted by Crippen LogP contribution is -2.32. The summed E-state index contributed by atoms with van der Waals surface area (Å²) in [6.07, 6.45) is 2.59. The molecular weight excluding hydrogens is 314 g/mol. The normalized spacial score (nSPS) is 17.7. The molecule has 0 amide bonds. The van der Waals surface area contributed by atoms with Gasteiger partial charge in [0, 0.05) is 23.0 Å². The third-order valence-electron chi connectivity index (χ3n) is 3.26. The van der Waals surface area contributed by atoms with Gasteiger partial charge in [-0.15, -0.1) is 10.2 Å². The predicted molar refractivity (Wildman–Crippen MR) is 69.2 cm³/mol. The SMILES string of the molecule is CC(C)(c1nnc(S(=O)(=O)Cl)n1C1CC1)S(C)(=O)=O. The van der Waals surface area contributed by atoms with Gasteiger partial charge in [0.2, 0.25) is 0 Å². The van der Waals surface area contributed by atoms with Crippen LogP contribution in [0.3, 0.4) is 0 Å². The number of rotatable bonds is 4. The van der Waals surface area contributed by atoms with Crippen LogP contribution in [0.4, 0.5) is 0 Å². The first kappa shape index (κ1) is 14.7. The number of halogens is 1. The van der Waals surface area contributed by atoms with Crippen molar-refractivity contribution < 1.29 is 16.8 Å². The Labute approximate surface area is 116 Å². The first-order chi connectivity index (χ1) is 8.46. The molecule has 108 valence electrons. The molecule has 1 fully saturated rings. The van der Waals surface area contributed by atoms with E-state index in [0.717, 1.165) is 19.1 Å². The number of nitrogens with zero attached hydrogens (tertiary/aromatic N) is 3. The Morgan fingerprint density at radius 2 is 1.74 bits per heavy atom.